The molecule has 0 spiro atoms. The van der Waals surface area contributed by atoms with Gasteiger partial charge in [0.1, 0.15) is 12.1 Å². The zero-order valence-corrected chi connectivity index (χ0v) is 11.5. The van der Waals surface area contributed by atoms with Gasteiger partial charge in [-0.2, -0.15) is 0 Å². The van der Waals surface area contributed by atoms with Crippen molar-refractivity contribution >= 4 is 22.6 Å². The van der Waals surface area contributed by atoms with Crippen LogP contribution in [0.25, 0.3) is 10.9 Å². The molecule has 0 aliphatic carbocycles. The number of carbonyl (C=O) groups excluding carboxylic acids is 1. The number of rotatable bonds is 2. The number of primary amides is 1. The Bertz CT molecular complexity index is 647. The first-order chi connectivity index (χ1) is 9.65. The summed E-state index contributed by atoms with van der Waals surface area (Å²) in [6.07, 6.45) is 3.21. The van der Waals surface area contributed by atoms with Crippen molar-refractivity contribution < 1.29 is 4.79 Å². The van der Waals surface area contributed by atoms with Gasteiger partial charge in [0, 0.05) is 24.4 Å². The number of hydrogen-bond donors (Lipinski definition) is 1. The van der Waals surface area contributed by atoms with E-state index in [1.165, 1.54) is 5.56 Å². The first-order valence-electron chi connectivity index (χ1n) is 6.91. The highest BCUT2D eigenvalue weighted by Crippen LogP contribution is 2.27. The van der Waals surface area contributed by atoms with Crippen molar-refractivity contribution in [2.75, 3.05) is 18.0 Å². The molecule has 2 N–H and O–H groups in total. The molecule has 1 fully saturated rings. The van der Waals surface area contributed by atoms with Gasteiger partial charge in [-0.25, -0.2) is 9.97 Å². The molecule has 20 heavy (non-hydrogen) atoms. The quantitative estimate of drug-likeness (QED) is 0.900. The number of anilines is 1. The Balaban J connectivity index is 1.90. The van der Waals surface area contributed by atoms with E-state index in [4.69, 9.17) is 5.73 Å². The Kier molecular flexibility index (Phi) is 3.26. The predicted octanol–water partition coefficient (Wildman–Crippen LogP) is 1.64. The molecule has 1 aliphatic heterocycles. The summed E-state index contributed by atoms with van der Waals surface area (Å²) in [7, 11) is 0. The van der Waals surface area contributed by atoms with Gasteiger partial charge >= 0.3 is 0 Å². The monoisotopic (exact) mass is 270 g/mol. The average molecular weight is 270 g/mol. The molecule has 1 amide bonds. The number of carbonyl (C=O) groups is 1. The molecule has 5 nitrogen and oxygen atoms in total. The molecule has 5 heteroatoms. The van der Waals surface area contributed by atoms with Gasteiger partial charge in [0.05, 0.1) is 5.52 Å². The summed E-state index contributed by atoms with van der Waals surface area (Å²) >= 11 is 0. The molecule has 2 heterocycles. The molecule has 1 saturated heterocycles. The normalized spacial score (nSPS) is 16.6. The van der Waals surface area contributed by atoms with Crippen molar-refractivity contribution in [1.29, 1.82) is 0 Å². The van der Waals surface area contributed by atoms with E-state index in [0.717, 1.165) is 42.7 Å². The maximum atomic E-state index is 11.2. The van der Waals surface area contributed by atoms with Gasteiger partial charge in [0.2, 0.25) is 5.91 Å². The fourth-order valence-corrected chi connectivity index (χ4v) is 2.78. The molecule has 1 aliphatic rings. The molecule has 1 aromatic heterocycles. The Hall–Kier alpha value is -2.17. The molecule has 0 saturated carbocycles. The van der Waals surface area contributed by atoms with Crippen LogP contribution in [0.15, 0.2) is 24.5 Å². The lowest BCUT2D eigenvalue weighted by molar-refractivity contribution is -0.122. The summed E-state index contributed by atoms with van der Waals surface area (Å²) in [4.78, 5) is 22.2. The molecular weight excluding hydrogens is 252 g/mol. The van der Waals surface area contributed by atoms with Crippen LogP contribution >= 0.6 is 0 Å². The Morgan fingerprint density at radius 3 is 2.75 bits per heavy atom. The van der Waals surface area contributed by atoms with Crippen molar-refractivity contribution in [3.63, 3.8) is 0 Å². The zero-order chi connectivity index (χ0) is 14.1. The maximum absolute atomic E-state index is 11.2. The molecule has 0 radical (unpaired) electrons. The second-order valence-corrected chi connectivity index (χ2v) is 5.38. The van der Waals surface area contributed by atoms with Crippen LogP contribution in [0.1, 0.15) is 18.4 Å². The van der Waals surface area contributed by atoms with Gasteiger partial charge in [-0.15, -0.1) is 0 Å². The number of benzene rings is 1. The number of fused-ring (bicyclic) bond motifs is 1. The Labute approximate surface area is 117 Å². The van der Waals surface area contributed by atoms with Crippen LogP contribution in [0.3, 0.4) is 0 Å². The summed E-state index contributed by atoms with van der Waals surface area (Å²) in [5, 5.41) is 1.07. The minimum atomic E-state index is -0.187. The minimum Gasteiger partial charge on any atom is -0.369 e. The number of nitrogens with two attached hydrogens (primary N) is 1. The van der Waals surface area contributed by atoms with Crippen molar-refractivity contribution in [2.45, 2.75) is 19.8 Å². The third kappa shape index (κ3) is 2.31. The van der Waals surface area contributed by atoms with Crippen LogP contribution in [0.4, 0.5) is 5.82 Å². The third-order valence-corrected chi connectivity index (χ3v) is 3.97. The second kappa shape index (κ2) is 5.07. The van der Waals surface area contributed by atoms with E-state index in [1.54, 1.807) is 6.33 Å². The van der Waals surface area contributed by atoms with Crippen molar-refractivity contribution in [3.05, 3.63) is 30.1 Å². The van der Waals surface area contributed by atoms with E-state index in [1.807, 2.05) is 0 Å². The first kappa shape index (κ1) is 12.8. The lowest BCUT2D eigenvalue weighted by Gasteiger charge is -2.31. The van der Waals surface area contributed by atoms with E-state index in [2.05, 4.69) is 40.0 Å². The van der Waals surface area contributed by atoms with Gasteiger partial charge in [0.15, 0.2) is 0 Å². The zero-order valence-electron chi connectivity index (χ0n) is 11.5. The molecule has 104 valence electrons. The van der Waals surface area contributed by atoms with E-state index in [0.29, 0.717) is 0 Å². The Morgan fingerprint density at radius 1 is 1.30 bits per heavy atom. The molecule has 0 atom stereocenters. The van der Waals surface area contributed by atoms with Crippen molar-refractivity contribution in [1.82, 2.24) is 9.97 Å². The minimum absolute atomic E-state index is 0.00148. The molecule has 1 aromatic carbocycles. The topological polar surface area (TPSA) is 72.1 Å². The number of aromatic nitrogens is 2. The van der Waals surface area contributed by atoms with E-state index in [9.17, 15) is 4.79 Å². The molecular formula is C15H18N4O. The summed E-state index contributed by atoms with van der Waals surface area (Å²) < 4.78 is 0. The van der Waals surface area contributed by atoms with E-state index in [-0.39, 0.29) is 11.8 Å². The van der Waals surface area contributed by atoms with Crippen molar-refractivity contribution in [2.24, 2.45) is 11.7 Å². The number of nitrogens with zero attached hydrogens (tertiary/aromatic N) is 3. The number of aryl methyl sites for hydroxylation is 1. The Morgan fingerprint density at radius 2 is 2.05 bits per heavy atom. The summed E-state index contributed by atoms with van der Waals surface area (Å²) in [5.74, 6) is 0.771. The first-order valence-corrected chi connectivity index (χ1v) is 6.91. The summed E-state index contributed by atoms with van der Waals surface area (Å²) in [6, 6.07) is 6.21. The predicted molar refractivity (Wildman–Crippen MR) is 78.4 cm³/mol. The average Bonchev–Trinajstić information content (AvgIpc) is 2.46. The highest BCUT2D eigenvalue weighted by molar-refractivity contribution is 5.89. The fourth-order valence-electron chi connectivity index (χ4n) is 2.78. The third-order valence-electron chi connectivity index (χ3n) is 3.97. The van der Waals surface area contributed by atoms with Gasteiger partial charge in [-0.3, -0.25) is 4.79 Å². The molecule has 0 unspecified atom stereocenters. The van der Waals surface area contributed by atoms with Gasteiger partial charge in [-0.1, -0.05) is 6.07 Å². The van der Waals surface area contributed by atoms with Crippen molar-refractivity contribution in [3.8, 4) is 0 Å². The number of hydrogen-bond acceptors (Lipinski definition) is 4. The summed E-state index contributed by atoms with van der Waals surface area (Å²) in [5.41, 5.74) is 7.53. The van der Waals surface area contributed by atoms with E-state index < -0.39 is 0 Å². The summed E-state index contributed by atoms with van der Waals surface area (Å²) in [6.45, 7) is 3.68. The largest absolute Gasteiger partial charge is 0.369 e. The van der Waals surface area contributed by atoms with Crippen LogP contribution in [-0.4, -0.2) is 29.0 Å². The smallest absolute Gasteiger partial charge is 0.220 e. The van der Waals surface area contributed by atoms with Crippen LogP contribution in [0.5, 0.6) is 0 Å². The standard InChI is InChI=1S/C15H18N4O/c1-10-2-3-12-13(8-10)17-9-18-15(12)19-6-4-11(5-7-19)14(16)20/h2-3,8-9,11H,4-7H2,1H3,(H2,16,20). The fraction of sp³-hybridized carbons (Fsp3) is 0.400. The lowest BCUT2D eigenvalue weighted by atomic mass is 9.96. The highest BCUT2D eigenvalue weighted by atomic mass is 16.1. The van der Waals surface area contributed by atoms with Gasteiger partial charge < -0.3 is 10.6 Å². The SMILES string of the molecule is Cc1ccc2c(N3CCC(C(N)=O)CC3)ncnc2c1. The molecule has 0 bridgehead atoms. The van der Waals surface area contributed by atoms with Crippen LogP contribution in [0, 0.1) is 12.8 Å². The van der Waals surface area contributed by atoms with Crippen LogP contribution in [0.2, 0.25) is 0 Å². The highest BCUT2D eigenvalue weighted by Gasteiger charge is 2.24. The van der Waals surface area contributed by atoms with Gasteiger partial charge in [0.25, 0.3) is 0 Å². The van der Waals surface area contributed by atoms with Crippen LogP contribution < -0.4 is 10.6 Å². The van der Waals surface area contributed by atoms with Gasteiger partial charge in [-0.05, 0) is 37.5 Å². The lowest BCUT2D eigenvalue weighted by Crippen LogP contribution is -2.39. The second-order valence-electron chi connectivity index (χ2n) is 5.38. The maximum Gasteiger partial charge on any atom is 0.220 e. The number of piperidine rings is 1. The van der Waals surface area contributed by atoms with E-state index >= 15 is 0 Å². The molecule has 3 rings (SSSR count). The number of amides is 1. The van der Waals surface area contributed by atoms with Crippen LogP contribution in [-0.2, 0) is 4.79 Å². The molecule has 2 aromatic rings.